The monoisotopic (exact) mass is 795 g/mol. The fourth-order valence-corrected chi connectivity index (χ4v) is 6.94. The van der Waals surface area contributed by atoms with Crippen molar-refractivity contribution in [3.63, 3.8) is 0 Å². The summed E-state index contributed by atoms with van der Waals surface area (Å²) < 4.78 is 51.4. The van der Waals surface area contributed by atoms with Crippen LogP contribution in [0.4, 0.5) is 0 Å². The predicted octanol–water partition coefficient (Wildman–Crippen LogP) is -9.90. The van der Waals surface area contributed by atoms with E-state index in [0.29, 0.717) is 0 Å². The van der Waals surface area contributed by atoms with Gasteiger partial charge >= 0.3 is 0 Å². The Labute approximate surface area is 307 Å². The lowest BCUT2D eigenvalue weighted by Crippen LogP contribution is -2.70. The van der Waals surface area contributed by atoms with Crippen molar-refractivity contribution in [2.24, 2.45) is 5.73 Å². The van der Waals surface area contributed by atoms with E-state index in [4.69, 9.17) is 48.4 Å². The molecule has 0 aliphatic carbocycles. The molecule has 16 N–H and O–H groups in total. The normalized spacial score (nSPS) is 54.7. The van der Waals surface area contributed by atoms with Crippen molar-refractivity contribution in [1.82, 2.24) is 0 Å². The van der Waals surface area contributed by atoms with Gasteiger partial charge in [0.15, 0.2) is 31.5 Å². The second-order valence-electron chi connectivity index (χ2n) is 14.0. The first-order valence-electron chi connectivity index (χ1n) is 17.4. The Balaban J connectivity index is 1.47. The molecule has 15 unspecified atom stereocenters. The zero-order chi connectivity index (χ0) is 39.9. The summed E-state index contributed by atoms with van der Waals surface area (Å²) >= 11 is 0. The first kappa shape index (κ1) is 44.1. The maximum Gasteiger partial charge on any atom is 0.187 e. The quantitative estimate of drug-likeness (QED) is 0.0923. The average molecular weight is 796 g/mol. The van der Waals surface area contributed by atoms with Gasteiger partial charge in [-0.15, -0.1) is 0 Å². The zero-order valence-corrected chi connectivity index (χ0v) is 29.1. The summed E-state index contributed by atoms with van der Waals surface area (Å²) in [6, 6.07) is -1.65. The van der Waals surface area contributed by atoms with E-state index in [2.05, 4.69) is 0 Å². The fraction of sp³-hybridized carbons (Fsp3) is 1.00. The molecule has 0 saturated carbocycles. The summed E-state index contributed by atoms with van der Waals surface area (Å²) in [5.41, 5.74) is 6.56. The van der Waals surface area contributed by atoms with Crippen LogP contribution in [-0.2, 0) is 42.6 Å². The molecule has 5 saturated heterocycles. The highest BCUT2D eigenvalue weighted by atomic mass is 16.8. The highest BCUT2D eigenvalue weighted by molar-refractivity contribution is 5.00. The lowest BCUT2D eigenvalue weighted by molar-refractivity contribution is -0.397. The van der Waals surface area contributed by atoms with Gasteiger partial charge < -0.3 is 120 Å². The highest BCUT2D eigenvalue weighted by Gasteiger charge is 2.57. The van der Waals surface area contributed by atoms with Crippen molar-refractivity contribution in [3.8, 4) is 0 Å². The molecule has 0 aromatic rings. The van der Waals surface area contributed by atoms with E-state index in [9.17, 15) is 71.5 Å². The largest absolute Gasteiger partial charge is 0.394 e. The molecular formula is C30H53NO23. The highest BCUT2D eigenvalue weighted by Crippen LogP contribution is 2.36. The second-order valence-corrected chi connectivity index (χ2v) is 14.0. The molecule has 5 aliphatic rings. The Morgan fingerprint density at radius 2 is 0.833 bits per heavy atom. The number of hydrogen-bond donors (Lipinski definition) is 15. The van der Waals surface area contributed by atoms with Gasteiger partial charge in [0.25, 0.3) is 0 Å². The van der Waals surface area contributed by atoms with E-state index >= 15 is 0 Å². The van der Waals surface area contributed by atoms with Crippen LogP contribution in [0.25, 0.3) is 0 Å². The van der Waals surface area contributed by atoms with Crippen LogP contribution < -0.4 is 5.73 Å². The second kappa shape index (κ2) is 18.3. The standard InChI is InChI=1S/C30H53NO23/c1-6-12(35)16(39)19(42)28(46-6)52-23-11(31)27(53-24-15(38)9(4-33)48-26(45)21(24)44)50-10(5-34)22(23)51-30-25(18(41)14(37)8(3-32)49-30)54-29-20(43)17(40)13(36)7(2)47-29/h6-30,32-45H,3-5,31H2,1-2H3/t6?,7?,8?,9?,10?,11?,12-,13+,14+,15+,16?,17?,18?,19?,20?,21?,22+,23?,24?,25?,26-,27+,28-,29+,30+/m1/s1. The molecule has 24 heteroatoms. The summed E-state index contributed by atoms with van der Waals surface area (Å²) in [7, 11) is 0. The molecule has 54 heavy (non-hydrogen) atoms. The first-order valence-corrected chi connectivity index (χ1v) is 17.4. The minimum absolute atomic E-state index is 0.812. The van der Waals surface area contributed by atoms with E-state index < -0.39 is 173 Å². The Morgan fingerprint density at radius 3 is 1.35 bits per heavy atom. The Kier molecular flexibility index (Phi) is 15.0. The minimum Gasteiger partial charge on any atom is -0.394 e. The molecule has 316 valence electrons. The number of rotatable bonds is 11. The van der Waals surface area contributed by atoms with E-state index in [1.807, 2.05) is 0 Å². The van der Waals surface area contributed by atoms with Crippen molar-refractivity contribution in [1.29, 1.82) is 0 Å². The lowest BCUT2D eigenvalue weighted by Gasteiger charge is -2.51. The minimum atomic E-state index is -1.97. The van der Waals surface area contributed by atoms with Gasteiger partial charge in [-0.2, -0.15) is 0 Å². The average Bonchev–Trinajstić information content (AvgIpc) is 3.15. The van der Waals surface area contributed by atoms with Gasteiger partial charge in [0, 0.05) is 0 Å². The third kappa shape index (κ3) is 8.72. The smallest absolute Gasteiger partial charge is 0.187 e. The van der Waals surface area contributed by atoms with Crippen LogP contribution in [0.15, 0.2) is 0 Å². The molecule has 0 aromatic carbocycles. The van der Waals surface area contributed by atoms with Crippen molar-refractivity contribution < 1.29 is 114 Å². The molecule has 24 nitrogen and oxygen atoms in total. The maximum atomic E-state index is 11.1. The molecule has 0 radical (unpaired) electrons. The predicted molar refractivity (Wildman–Crippen MR) is 166 cm³/mol. The molecule has 25 atom stereocenters. The van der Waals surface area contributed by atoms with Crippen LogP contribution in [0.1, 0.15) is 13.8 Å². The van der Waals surface area contributed by atoms with Gasteiger partial charge in [0.05, 0.1) is 38.1 Å². The van der Waals surface area contributed by atoms with Crippen LogP contribution >= 0.6 is 0 Å². The molecule has 0 aromatic heterocycles. The molecule has 5 rings (SSSR count). The van der Waals surface area contributed by atoms with Gasteiger partial charge in [-0.25, -0.2) is 0 Å². The summed E-state index contributed by atoms with van der Waals surface area (Å²) in [5.74, 6) is 0. The zero-order valence-electron chi connectivity index (χ0n) is 29.1. The molecule has 5 heterocycles. The van der Waals surface area contributed by atoms with E-state index in [1.165, 1.54) is 13.8 Å². The number of nitrogens with two attached hydrogens (primary N) is 1. The molecule has 0 spiro atoms. The molecule has 5 fully saturated rings. The van der Waals surface area contributed by atoms with Gasteiger partial charge in [-0.05, 0) is 13.8 Å². The maximum absolute atomic E-state index is 11.1. The van der Waals surface area contributed by atoms with E-state index in [-0.39, 0.29) is 0 Å². The van der Waals surface area contributed by atoms with E-state index in [1.54, 1.807) is 0 Å². The molecular weight excluding hydrogens is 742 g/mol. The number of ether oxygens (including phenoxy) is 9. The van der Waals surface area contributed by atoms with Crippen LogP contribution in [0, 0.1) is 0 Å². The number of aliphatic hydroxyl groups excluding tert-OH is 14. The Bertz CT molecular complexity index is 1180. The van der Waals surface area contributed by atoms with Crippen molar-refractivity contribution in [3.05, 3.63) is 0 Å². The van der Waals surface area contributed by atoms with Crippen molar-refractivity contribution in [2.75, 3.05) is 19.8 Å². The number of hydrogen-bond acceptors (Lipinski definition) is 24. The van der Waals surface area contributed by atoms with Crippen LogP contribution in [0.5, 0.6) is 0 Å². The van der Waals surface area contributed by atoms with Crippen molar-refractivity contribution >= 4 is 0 Å². The molecule has 5 aliphatic heterocycles. The molecule has 0 amide bonds. The third-order valence-electron chi connectivity index (χ3n) is 10.3. The first-order chi connectivity index (χ1) is 25.4. The van der Waals surface area contributed by atoms with Crippen LogP contribution in [0.3, 0.4) is 0 Å². The lowest BCUT2D eigenvalue weighted by atomic mass is 9.94. The van der Waals surface area contributed by atoms with Gasteiger partial charge in [-0.3, -0.25) is 0 Å². The van der Waals surface area contributed by atoms with E-state index in [0.717, 1.165) is 0 Å². The summed E-state index contributed by atoms with van der Waals surface area (Å²) in [5, 5.41) is 146. The van der Waals surface area contributed by atoms with Crippen LogP contribution in [0.2, 0.25) is 0 Å². The van der Waals surface area contributed by atoms with Crippen molar-refractivity contribution in [2.45, 2.75) is 167 Å². The fourth-order valence-electron chi connectivity index (χ4n) is 6.94. The van der Waals surface area contributed by atoms with Gasteiger partial charge in [0.2, 0.25) is 0 Å². The van der Waals surface area contributed by atoms with Gasteiger partial charge in [-0.1, -0.05) is 0 Å². The SMILES string of the molecule is CC1O[C@H](OC2C(N)[C@H](OC3C(O)[C@H](O)OC(CO)[C@@H]3O)OC(CO)[C@@H]2O[C@@H]2OC(CO)[C@H](O)C(O)C2O[C@@H]2OC(C)[C@H](O)C(O)C2O)C(O)C(O)[C@@H]1O. The van der Waals surface area contributed by atoms with Gasteiger partial charge in [0.1, 0.15) is 104 Å². The van der Waals surface area contributed by atoms with Crippen LogP contribution in [-0.4, -0.2) is 245 Å². The third-order valence-corrected chi connectivity index (χ3v) is 10.3. The summed E-state index contributed by atoms with van der Waals surface area (Å²) in [6.45, 7) is 0.0525. The molecule has 0 bridgehead atoms. The topological polar surface area (TPSA) is 392 Å². The number of aliphatic hydroxyl groups is 14. The summed E-state index contributed by atoms with van der Waals surface area (Å²) in [6.07, 6.45) is -41.1. The Morgan fingerprint density at radius 1 is 0.389 bits per heavy atom. The summed E-state index contributed by atoms with van der Waals surface area (Å²) in [4.78, 5) is 0. The Hall–Kier alpha value is -0.960.